The molecule has 0 bridgehead atoms. The van der Waals surface area contributed by atoms with Crippen LogP contribution in [-0.2, 0) is 16.8 Å². The van der Waals surface area contributed by atoms with Gasteiger partial charge in [0.05, 0.1) is 10.6 Å². The molecule has 0 aliphatic rings. The third kappa shape index (κ3) is 5.88. The summed E-state index contributed by atoms with van der Waals surface area (Å²) in [5, 5.41) is 3.18. The van der Waals surface area contributed by atoms with Crippen molar-refractivity contribution in [2.24, 2.45) is 0 Å². The van der Waals surface area contributed by atoms with Gasteiger partial charge in [-0.05, 0) is 60.2 Å². The van der Waals surface area contributed by atoms with E-state index in [1.54, 1.807) is 48.5 Å². The van der Waals surface area contributed by atoms with Crippen LogP contribution < -0.4 is 21.5 Å². The van der Waals surface area contributed by atoms with Crippen molar-refractivity contribution in [1.82, 2.24) is 9.97 Å². The Balaban J connectivity index is 1.47. The highest BCUT2D eigenvalue weighted by atomic mass is 35.5. The van der Waals surface area contributed by atoms with Crippen molar-refractivity contribution < 1.29 is 21.8 Å². The van der Waals surface area contributed by atoms with E-state index in [0.29, 0.717) is 27.7 Å². The Morgan fingerprint density at radius 2 is 1.69 bits per heavy atom. The van der Waals surface area contributed by atoms with Crippen LogP contribution in [0.25, 0.3) is 11.1 Å². The van der Waals surface area contributed by atoms with Crippen LogP contribution >= 0.6 is 11.6 Å². The van der Waals surface area contributed by atoms with Gasteiger partial charge in [-0.3, -0.25) is 4.79 Å². The number of nitrogens with one attached hydrogen (secondary N) is 1. The monoisotopic (exact) mass is 527 g/mol. The molecule has 0 aliphatic carbocycles. The number of hydrogen-bond acceptors (Lipinski definition) is 8. The number of carbonyl (C=O) groups is 1. The molecular weight excluding hydrogens is 509 g/mol. The average Bonchev–Trinajstić information content (AvgIpc) is 2.84. The number of nitrogens with zero attached hydrogens (tertiary/aromatic N) is 2. The van der Waals surface area contributed by atoms with Crippen LogP contribution in [0.5, 0.6) is 5.75 Å². The third-order valence-electron chi connectivity index (χ3n) is 5.03. The number of nitrogens with two attached hydrogens (primary N) is 2. The average molecular weight is 528 g/mol. The number of carbonyl (C=O) groups excluding carboxylic acids is 1. The molecule has 0 saturated heterocycles. The quantitative estimate of drug-likeness (QED) is 0.298. The van der Waals surface area contributed by atoms with Gasteiger partial charge in [0.2, 0.25) is 5.95 Å². The molecule has 184 valence electrons. The first-order valence-corrected chi connectivity index (χ1v) is 12.1. The second-order valence-corrected chi connectivity index (χ2v) is 9.31. The fraction of sp³-hybridized carbons (Fsp3) is 0.0417. The van der Waals surface area contributed by atoms with Crippen LogP contribution in [0, 0.1) is 0 Å². The van der Waals surface area contributed by atoms with E-state index in [9.17, 15) is 17.1 Å². The maximum atomic E-state index is 13.2. The van der Waals surface area contributed by atoms with Gasteiger partial charge in [0.1, 0.15) is 18.2 Å². The molecule has 1 aromatic heterocycles. The molecule has 4 rings (SSSR count). The lowest BCUT2D eigenvalue weighted by molar-refractivity contribution is 0.102. The summed E-state index contributed by atoms with van der Waals surface area (Å²) < 4.78 is 41.2. The summed E-state index contributed by atoms with van der Waals surface area (Å²) in [4.78, 5) is 20.1. The molecule has 1 heterocycles. The van der Waals surface area contributed by atoms with E-state index in [-0.39, 0.29) is 23.9 Å². The fourth-order valence-corrected chi connectivity index (χ4v) is 4.00. The zero-order chi connectivity index (χ0) is 25.9. The number of amides is 1. The highest BCUT2D eigenvalue weighted by molar-refractivity contribution is 7.86. The SMILES string of the molecule is Nc1nc(N)c(-c2ccc(Cl)cc2)c(COc2ccc(NC(=O)c3cccc(S(=O)(=O)F)c3)cc2)n1. The van der Waals surface area contributed by atoms with Gasteiger partial charge in [0, 0.05) is 21.8 Å². The van der Waals surface area contributed by atoms with Gasteiger partial charge in [0.25, 0.3) is 5.91 Å². The highest BCUT2D eigenvalue weighted by Crippen LogP contribution is 2.30. The summed E-state index contributed by atoms with van der Waals surface area (Å²) >= 11 is 5.98. The number of anilines is 3. The number of rotatable bonds is 7. The molecule has 0 unspecified atom stereocenters. The second-order valence-electron chi connectivity index (χ2n) is 7.53. The van der Waals surface area contributed by atoms with Crippen molar-refractivity contribution in [2.45, 2.75) is 11.5 Å². The van der Waals surface area contributed by atoms with Crippen molar-refractivity contribution in [1.29, 1.82) is 0 Å². The molecule has 0 fully saturated rings. The van der Waals surface area contributed by atoms with Gasteiger partial charge in [-0.1, -0.05) is 29.8 Å². The van der Waals surface area contributed by atoms with E-state index in [2.05, 4.69) is 15.3 Å². The van der Waals surface area contributed by atoms with E-state index in [1.807, 2.05) is 0 Å². The summed E-state index contributed by atoms with van der Waals surface area (Å²) in [6, 6.07) is 18.1. The van der Waals surface area contributed by atoms with Crippen molar-refractivity contribution in [3.8, 4) is 16.9 Å². The molecular formula is C24H19ClFN5O4S. The van der Waals surface area contributed by atoms with Crippen LogP contribution in [-0.4, -0.2) is 24.3 Å². The number of nitrogen functional groups attached to an aromatic ring is 2. The molecule has 0 atom stereocenters. The Bertz CT molecular complexity index is 1530. The first-order chi connectivity index (χ1) is 17.1. The minimum absolute atomic E-state index is 0.00602. The summed E-state index contributed by atoms with van der Waals surface area (Å²) in [7, 11) is -4.92. The van der Waals surface area contributed by atoms with Crippen LogP contribution in [0.3, 0.4) is 0 Å². The molecule has 0 aliphatic heterocycles. The minimum Gasteiger partial charge on any atom is -0.487 e. The summed E-state index contributed by atoms with van der Waals surface area (Å²) in [6.45, 7) is 0.0328. The normalized spacial score (nSPS) is 11.2. The molecule has 3 aromatic carbocycles. The Kier molecular flexibility index (Phi) is 7.04. The summed E-state index contributed by atoms with van der Waals surface area (Å²) in [6.07, 6.45) is 0. The Morgan fingerprint density at radius 1 is 1.00 bits per heavy atom. The lowest BCUT2D eigenvalue weighted by Gasteiger charge is -2.13. The van der Waals surface area contributed by atoms with E-state index in [0.717, 1.165) is 17.7 Å². The first-order valence-electron chi connectivity index (χ1n) is 10.4. The second kappa shape index (κ2) is 10.2. The third-order valence-corrected chi connectivity index (χ3v) is 6.10. The maximum Gasteiger partial charge on any atom is 0.332 e. The first kappa shape index (κ1) is 24.9. The maximum absolute atomic E-state index is 13.2. The predicted octanol–water partition coefficient (Wildman–Crippen LogP) is 4.45. The Hall–Kier alpha value is -4.22. The van der Waals surface area contributed by atoms with Crippen LogP contribution in [0.1, 0.15) is 16.1 Å². The minimum atomic E-state index is -4.92. The van der Waals surface area contributed by atoms with Gasteiger partial charge >= 0.3 is 10.2 Å². The molecule has 9 nitrogen and oxygen atoms in total. The number of halogens is 2. The highest BCUT2D eigenvalue weighted by Gasteiger charge is 2.16. The van der Waals surface area contributed by atoms with E-state index in [1.165, 1.54) is 12.1 Å². The zero-order valence-corrected chi connectivity index (χ0v) is 20.1. The van der Waals surface area contributed by atoms with Crippen LogP contribution in [0.15, 0.2) is 77.7 Å². The smallest absolute Gasteiger partial charge is 0.332 e. The van der Waals surface area contributed by atoms with E-state index >= 15 is 0 Å². The Morgan fingerprint density at radius 3 is 2.36 bits per heavy atom. The van der Waals surface area contributed by atoms with Gasteiger partial charge in [0.15, 0.2) is 0 Å². The molecule has 1 amide bonds. The molecule has 0 spiro atoms. The van der Waals surface area contributed by atoms with E-state index < -0.39 is 21.0 Å². The van der Waals surface area contributed by atoms with Crippen molar-refractivity contribution in [2.75, 3.05) is 16.8 Å². The largest absolute Gasteiger partial charge is 0.487 e. The fourth-order valence-electron chi connectivity index (χ4n) is 3.36. The van der Waals surface area contributed by atoms with Gasteiger partial charge in [-0.25, -0.2) is 4.98 Å². The van der Waals surface area contributed by atoms with Crippen molar-refractivity contribution >= 4 is 45.2 Å². The number of hydrogen-bond donors (Lipinski definition) is 3. The van der Waals surface area contributed by atoms with Crippen LogP contribution in [0.2, 0.25) is 5.02 Å². The van der Waals surface area contributed by atoms with Gasteiger partial charge in [-0.2, -0.15) is 13.4 Å². The lowest BCUT2D eigenvalue weighted by Crippen LogP contribution is -2.12. The van der Waals surface area contributed by atoms with Crippen molar-refractivity contribution in [3.63, 3.8) is 0 Å². The number of benzene rings is 3. The summed E-state index contributed by atoms with van der Waals surface area (Å²) in [5.41, 5.74) is 14.1. The van der Waals surface area contributed by atoms with Gasteiger partial charge < -0.3 is 21.5 Å². The standard InChI is InChI=1S/C24H19ClFN5O4S/c25-16-6-4-14(5-7-16)21-20(30-24(28)31-22(21)27)13-35-18-10-8-17(9-11-18)29-23(32)15-2-1-3-19(12-15)36(26,33)34/h1-12H,13H2,(H,29,32)(H4,27,28,30,31). The number of aromatic nitrogens is 2. The van der Waals surface area contributed by atoms with Crippen molar-refractivity contribution in [3.05, 3.63) is 89.1 Å². The van der Waals surface area contributed by atoms with Gasteiger partial charge in [-0.15, -0.1) is 3.89 Å². The molecule has 5 N–H and O–H groups in total. The number of ether oxygens (including phenoxy) is 1. The van der Waals surface area contributed by atoms with Crippen LogP contribution in [0.4, 0.5) is 21.3 Å². The predicted molar refractivity (Wildman–Crippen MR) is 135 cm³/mol. The molecule has 0 saturated carbocycles. The summed E-state index contributed by atoms with van der Waals surface area (Å²) in [5.74, 6) is 0.0719. The van der Waals surface area contributed by atoms with E-state index in [4.69, 9.17) is 27.8 Å². The molecule has 36 heavy (non-hydrogen) atoms. The Labute approximate surface area is 211 Å². The lowest BCUT2D eigenvalue weighted by atomic mass is 10.0. The molecule has 12 heteroatoms. The zero-order valence-electron chi connectivity index (χ0n) is 18.5. The molecule has 4 aromatic rings. The topological polar surface area (TPSA) is 150 Å². The molecule has 0 radical (unpaired) electrons.